The van der Waals surface area contributed by atoms with Gasteiger partial charge >= 0.3 is 0 Å². The van der Waals surface area contributed by atoms with Crippen LogP contribution in [0.1, 0.15) is 41.0 Å². The van der Waals surface area contributed by atoms with Gasteiger partial charge < -0.3 is 19.7 Å². The molecule has 0 saturated carbocycles. The minimum atomic E-state index is -0.546. The van der Waals surface area contributed by atoms with Crippen LogP contribution < -0.4 is 0 Å². The minimum absolute atomic E-state index is 0.0394. The fourth-order valence-electron chi connectivity index (χ4n) is 2.78. The van der Waals surface area contributed by atoms with Crippen LogP contribution in [-0.2, 0) is 9.47 Å². The molecular formula is C13H24NO3-. The lowest BCUT2D eigenvalue weighted by atomic mass is 9.81. The summed E-state index contributed by atoms with van der Waals surface area (Å²) in [7, 11) is 0. The van der Waals surface area contributed by atoms with Crippen molar-refractivity contribution < 1.29 is 9.47 Å². The summed E-state index contributed by atoms with van der Waals surface area (Å²) in [5.74, 6) is -0.442. The van der Waals surface area contributed by atoms with E-state index >= 15 is 0 Å². The van der Waals surface area contributed by atoms with Crippen LogP contribution in [0.4, 0.5) is 0 Å². The van der Waals surface area contributed by atoms with Gasteiger partial charge in [-0.15, -0.1) is 0 Å². The van der Waals surface area contributed by atoms with Gasteiger partial charge in [-0.05, 0) is 13.0 Å². The van der Waals surface area contributed by atoms with Gasteiger partial charge in [0, 0.05) is 23.8 Å². The van der Waals surface area contributed by atoms with E-state index in [1.54, 1.807) is 0 Å². The van der Waals surface area contributed by atoms with Gasteiger partial charge in [0.25, 0.3) is 0 Å². The summed E-state index contributed by atoms with van der Waals surface area (Å²) in [6.45, 7) is 11.6. The summed E-state index contributed by atoms with van der Waals surface area (Å²) in [6, 6.07) is -0.0950. The molecule has 2 saturated heterocycles. The van der Waals surface area contributed by atoms with E-state index in [2.05, 4.69) is 20.8 Å². The van der Waals surface area contributed by atoms with Crippen LogP contribution in [0.2, 0.25) is 0 Å². The number of hydroxylamine groups is 2. The molecule has 3 unspecified atom stereocenters. The zero-order valence-electron chi connectivity index (χ0n) is 11.5. The highest BCUT2D eigenvalue weighted by molar-refractivity contribution is 4.97. The maximum atomic E-state index is 11.9. The highest BCUT2D eigenvalue weighted by Crippen LogP contribution is 2.43. The van der Waals surface area contributed by atoms with Crippen LogP contribution in [0.25, 0.3) is 0 Å². The molecule has 0 aliphatic carbocycles. The Morgan fingerprint density at radius 3 is 2.18 bits per heavy atom. The van der Waals surface area contributed by atoms with Crippen molar-refractivity contribution in [3.8, 4) is 0 Å². The van der Waals surface area contributed by atoms with Gasteiger partial charge in [0.05, 0.1) is 13.2 Å². The molecule has 100 valence electrons. The highest BCUT2D eigenvalue weighted by atomic mass is 16.7. The molecule has 2 fully saturated rings. The Bertz CT molecular complexity index is 282. The predicted octanol–water partition coefficient (Wildman–Crippen LogP) is 2.37. The second-order valence-electron chi connectivity index (χ2n) is 6.50. The third kappa shape index (κ3) is 2.24. The van der Waals surface area contributed by atoms with Gasteiger partial charge in [0.2, 0.25) is 0 Å². The Morgan fingerprint density at radius 2 is 1.65 bits per heavy atom. The van der Waals surface area contributed by atoms with Crippen molar-refractivity contribution in [2.24, 2.45) is 11.3 Å². The minimum Gasteiger partial charge on any atom is -0.785 e. The first-order valence-electron chi connectivity index (χ1n) is 6.51. The molecule has 2 aliphatic heterocycles. The van der Waals surface area contributed by atoms with Gasteiger partial charge in [-0.25, -0.2) is 0 Å². The Kier molecular flexibility index (Phi) is 3.28. The van der Waals surface area contributed by atoms with Crippen molar-refractivity contribution in [2.45, 2.75) is 58.9 Å². The van der Waals surface area contributed by atoms with Gasteiger partial charge in [0.1, 0.15) is 0 Å². The molecule has 4 heteroatoms. The average molecular weight is 242 g/mol. The molecule has 1 spiro atoms. The molecule has 0 aromatic rings. The summed E-state index contributed by atoms with van der Waals surface area (Å²) >= 11 is 0. The first-order chi connectivity index (χ1) is 7.77. The lowest BCUT2D eigenvalue weighted by Crippen LogP contribution is -2.62. The van der Waals surface area contributed by atoms with E-state index in [0.29, 0.717) is 19.6 Å². The largest absolute Gasteiger partial charge is 0.785 e. The fourth-order valence-corrected chi connectivity index (χ4v) is 2.78. The maximum Gasteiger partial charge on any atom is 0.173 e. The van der Waals surface area contributed by atoms with E-state index in [4.69, 9.17) is 9.47 Å². The standard InChI is InChI=1S/C13H24NO3/c1-9-6-13(10(2)11(3)14(9)15)16-7-12(4,5)8-17-13/h9-11H,6-8H2,1-5H3/q-1. The number of rotatable bonds is 0. The summed E-state index contributed by atoms with van der Waals surface area (Å²) in [6.07, 6.45) is 0.665. The van der Waals surface area contributed by atoms with Crippen LogP contribution in [0, 0.1) is 16.5 Å². The van der Waals surface area contributed by atoms with E-state index in [-0.39, 0.29) is 23.4 Å². The van der Waals surface area contributed by atoms with Crippen LogP contribution >= 0.6 is 0 Å². The fraction of sp³-hybridized carbons (Fsp3) is 1.00. The van der Waals surface area contributed by atoms with Gasteiger partial charge in [-0.3, -0.25) is 0 Å². The molecule has 0 bridgehead atoms. The molecule has 0 radical (unpaired) electrons. The number of piperidine rings is 1. The second kappa shape index (κ2) is 4.19. The predicted molar refractivity (Wildman–Crippen MR) is 66.3 cm³/mol. The third-order valence-corrected chi connectivity index (χ3v) is 4.25. The molecule has 2 aliphatic rings. The zero-order chi connectivity index (χ0) is 12.8. The van der Waals surface area contributed by atoms with E-state index in [1.165, 1.54) is 5.06 Å². The topological polar surface area (TPSA) is 44.8 Å². The lowest BCUT2D eigenvalue weighted by Gasteiger charge is -2.58. The Morgan fingerprint density at radius 1 is 1.12 bits per heavy atom. The van der Waals surface area contributed by atoms with Crippen molar-refractivity contribution >= 4 is 0 Å². The van der Waals surface area contributed by atoms with Gasteiger partial charge in [-0.1, -0.05) is 27.7 Å². The summed E-state index contributed by atoms with van der Waals surface area (Å²) < 4.78 is 12.1. The molecule has 17 heavy (non-hydrogen) atoms. The average Bonchev–Trinajstić information content (AvgIpc) is 2.28. The Labute approximate surface area is 104 Å². The SMILES string of the molecule is CC1CC2(OCC(C)(C)CO2)C(C)C(C)N1[O-]. The molecule has 2 heterocycles. The monoisotopic (exact) mass is 242 g/mol. The lowest BCUT2D eigenvalue weighted by molar-refractivity contribution is -0.342. The van der Waals surface area contributed by atoms with Crippen molar-refractivity contribution in [1.82, 2.24) is 5.06 Å². The Balaban J connectivity index is 2.15. The molecule has 3 atom stereocenters. The molecular weight excluding hydrogens is 218 g/mol. The number of ether oxygens (including phenoxy) is 2. The summed E-state index contributed by atoms with van der Waals surface area (Å²) in [4.78, 5) is 0. The first-order valence-corrected chi connectivity index (χ1v) is 6.51. The van der Waals surface area contributed by atoms with E-state index in [0.717, 1.165) is 0 Å². The van der Waals surface area contributed by atoms with Crippen molar-refractivity contribution in [2.75, 3.05) is 13.2 Å². The summed E-state index contributed by atoms with van der Waals surface area (Å²) in [5.41, 5.74) is 0.0754. The van der Waals surface area contributed by atoms with Crippen LogP contribution in [0.15, 0.2) is 0 Å². The van der Waals surface area contributed by atoms with Gasteiger partial charge in [-0.2, -0.15) is 0 Å². The molecule has 0 aromatic heterocycles. The number of hydrogen-bond acceptors (Lipinski definition) is 4. The Hall–Kier alpha value is -0.160. The van der Waals surface area contributed by atoms with Crippen LogP contribution in [0.3, 0.4) is 0 Å². The van der Waals surface area contributed by atoms with E-state index in [1.807, 2.05) is 13.8 Å². The van der Waals surface area contributed by atoms with E-state index < -0.39 is 5.79 Å². The number of nitrogens with zero attached hydrogens (tertiary/aromatic N) is 1. The van der Waals surface area contributed by atoms with Crippen LogP contribution in [0.5, 0.6) is 0 Å². The van der Waals surface area contributed by atoms with Gasteiger partial charge in [0.15, 0.2) is 5.79 Å². The first kappa shape index (κ1) is 13.3. The third-order valence-electron chi connectivity index (χ3n) is 4.25. The molecule has 0 N–H and O–H groups in total. The molecule has 2 rings (SSSR count). The van der Waals surface area contributed by atoms with E-state index in [9.17, 15) is 5.21 Å². The second-order valence-corrected chi connectivity index (χ2v) is 6.50. The zero-order valence-corrected chi connectivity index (χ0v) is 11.5. The van der Waals surface area contributed by atoms with Crippen molar-refractivity contribution in [3.63, 3.8) is 0 Å². The summed E-state index contributed by atoms with van der Waals surface area (Å²) in [5, 5.41) is 13.1. The van der Waals surface area contributed by atoms with Crippen LogP contribution in [-0.4, -0.2) is 36.1 Å². The quantitative estimate of drug-likeness (QED) is 0.654. The van der Waals surface area contributed by atoms with Crippen molar-refractivity contribution in [1.29, 1.82) is 0 Å². The highest BCUT2D eigenvalue weighted by Gasteiger charge is 2.50. The molecule has 0 amide bonds. The smallest absolute Gasteiger partial charge is 0.173 e. The molecule has 0 aromatic carbocycles. The maximum absolute atomic E-state index is 11.9. The molecule has 4 nitrogen and oxygen atoms in total. The number of hydrogen-bond donors (Lipinski definition) is 0. The van der Waals surface area contributed by atoms with Crippen molar-refractivity contribution in [3.05, 3.63) is 5.21 Å². The normalized spacial score (nSPS) is 41.6.